The second kappa shape index (κ2) is 5.75. The van der Waals surface area contributed by atoms with Crippen LogP contribution >= 0.6 is 0 Å². The number of carbonyl (C=O) groups excluding carboxylic acids is 1. The smallest absolute Gasteiger partial charge is 0.251 e. The molecule has 2 rings (SSSR count). The first-order chi connectivity index (χ1) is 9.11. The number of nitrogens with one attached hydrogen (secondary N) is 1. The zero-order valence-corrected chi connectivity index (χ0v) is 11.0. The molecule has 2 aromatic rings. The SMILES string of the molecule is CC(C)Oc1cc(C(=O)NCCO)cc2occc12. The van der Waals surface area contributed by atoms with Gasteiger partial charge in [-0.05, 0) is 32.0 Å². The number of hydrogen-bond acceptors (Lipinski definition) is 4. The lowest BCUT2D eigenvalue weighted by atomic mass is 10.1. The highest BCUT2D eigenvalue weighted by atomic mass is 16.5. The summed E-state index contributed by atoms with van der Waals surface area (Å²) in [6.07, 6.45) is 1.57. The molecule has 0 fully saturated rings. The molecule has 0 bridgehead atoms. The third-order valence-corrected chi connectivity index (χ3v) is 2.56. The number of amides is 1. The van der Waals surface area contributed by atoms with E-state index in [1.165, 1.54) is 0 Å². The van der Waals surface area contributed by atoms with E-state index in [-0.39, 0.29) is 25.2 Å². The van der Waals surface area contributed by atoms with Crippen molar-refractivity contribution in [3.63, 3.8) is 0 Å². The third kappa shape index (κ3) is 3.06. The van der Waals surface area contributed by atoms with Crippen molar-refractivity contribution in [1.82, 2.24) is 5.32 Å². The van der Waals surface area contributed by atoms with E-state index in [0.29, 0.717) is 16.9 Å². The van der Waals surface area contributed by atoms with Crippen molar-refractivity contribution < 1.29 is 19.1 Å². The van der Waals surface area contributed by atoms with Crippen LogP contribution in [0, 0.1) is 0 Å². The molecule has 0 unspecified atom stereocenters. The number of rotatable bonds is 5. The Hall–Kier alpha value is -2.01. The van der Waals surface area contributed by atoms with Crippen molar-refractivity contribution >= 4 is 16.9 Å². The number of ether oxygens (including phenoxy) is 1. The minimum absolute atomic E-state index is 0.00820. The highest BCUT2D eigenvalue weighted by Crippen LogP contribution is 2.29. The van der Waals surface area contributed by atoms with E-state index in [1.54, 1.807) is 18.4 Å². The summed E-state index contributed by atoms with van der Waals surface area (Å²) in [6, 6.07) is 5.16. The highest BCUT2D eigenvalue weighted by Gasteiger charge is 2.13. The summed E-state index contributed by atoms with van der Waals surface area (Å²) in [5.74, 6) is 0.358. The summed E-state index contributed by atoms with van der Waals surface area (Å²) in [5.41, 5.74) is 1.05. The molecule has 1 aromatic carbocycles. The molecule has 1 heterocycles. The van der Waals surface area contributed by atoms with Crippen LogP contribution in [-0.2, 0) is 0 Å². The maximum absolute atomic E-state index is 11.9. The number of aliphatic hydroxyl groups excluding tert-OH is 1. The topological polar surface area (TPSA) is 71.7 Å². The van der Waals surface area contributed by atoms with Gasteiger partial charge in [0.1, 0.15) is 11.3 Å². The van der Waals surface area contributed by atoms with Gasteiger partial charge in [0.05, 0.1) is 24.4 Å². The molecule has 0 atom stereocenters. The molecule has 0 saturated carbocycles. The zero-order valence-electron chi connectivity index (χ0n) is 11.0. The van der Waals surface area contributed by atoms with Gasteiger partial charge in [-0.15, -0.1) is 0 Å². The molecule has 0 aliphatic carbocycles. The fourth-order valence-electron chi connectivity index (χ4n) is 1.79. The van der Waals surface area contributed by atoms with Crippen molar-refractivity contribution in [2.45, 2.75) is 20.0 Å². The normalized spacial score (nSPS) is 10.9. The maximum Gasteiger partial charge on any atom is 0.251 e. The zero-order chi connectivity index (χ0) is 13.8. The van der Waals surface area contributed by atoms with Gasteiger partial charge in [0.15, 0.2) is 0 Å². The van der Waals surface area contributed by atoms with Crippen molar-refractivity contribution in [2.75, 3.05) is 13.2 Å². The monoisotopic (exact) mass is 263 g/mol. The summed E-state index contributed by atoms with van der Waals surface area (Å²) in [6.45, 7) is 3.97. The van der Waals surface area contributed by atoms with Crippen LogP contribution in [0.25, 0.3) is 11.0 Å². The van der Waals surface area contributed by atoms with Crippen LogP contribution in [0.2, 0.25) is 0 Å². The molecular formula is C14H17NO4. The third-order valence-electron chi connectivity index (χ3n) is 2.56. The van der Waals surface area contributed by atoms with Gasteiger partial charge in [0.25, 0.3) is 5.91 Å². The second-order valence-corrected chi connectivity index (χ2v) is 4.45. The van der Waals surface area contributed by atoms with Crippen LogP contribution in [-0.4, -0.2) is 30.3 Å². The Morgan fingerprint density at radius 1 is 1.47 bits per heavy atom. The average molecular weight is 263 g/mol. The Bertz CT molecular complexity index is 574. The molecule has 5 heteroatoms. The minimum Gasteiger partial charge on any atom is -0.490 e. The van der Waals surface area contributed by atoms with Crippen LogP contribution in [0.1, 0.15) is 24.2 Å². The van der Waals surface area contributed by atoms with Gasteiger partial charge in [0, 0.05) is 12.1 Å². The molecule has 0 spiro atoms. The van der Waals surface area contributed by atoms with Gasteiger partial charge in [-0.1, -0.05) is 0 Å². The van der Waals surface area contributed by atoms with E-state index >= 15 is 0 Å². The number of furan rings is 1. The summed E-state index contributed by atoms with van der Waals surface area (Å²) in [7, 11) is 0. The second-order valence-electron chi connectivity index (χ2n) is 4.45. The van der Waals surface area contributed by atoms with Crippen molar-refractivity contribution in [1.29, 1.82) is 0 Å². The first kappa shape index (κ1) is 13.4. The van der Waals surface area contributed by atoms with Crippen LogP contribution in [0.15, 0.2) is 28.9 Å². The van der Waals surface area contributed by atoms with Gasteiger partial charge in [-0.2, -0.15) is 0 Å². The van der Waals surface area contributed by atoms with Crippen LogP contribution in [0.5, 0.6) is 5.75 Å². The van der Waals surface area contributed by atoms with Crippen LogP contribution in [0.3, 0.4) is 0 Å². The molecule has 1 amide bonds. The Morgan fingerprint density at radius 2 is 2.26 bits per heavy atom. The molecule has 0 aliphatic rings. The van der Waals surface area contributed by atoms with E-state index in [1.807, 2.05) is 19.9 Å². The molecule has 0 saturated heterocycles. The minimum atomic E-state index is -0.263. The largest absolute Gasteiger partial charge is 0.490 e. The Labute approximate surface area is 111 Å². The van der Waals surface area contributed by atoms with Gasteiger partial charge in [0.2, 0.25) is 0 Å². The maximum atomic E-state index is 11.9. The predicted molar refractivity (Wildman–Crippen MR) is 71.4 cm³/mol. The standard InChI is InChI=1S/C14H17NO4/c1-9(2)19-13-8-10(14(17)15-4-5-16)7-12-11(13)3-6-18-12/h3,6-9,16H,4-5H2,1-2H3,(H,15,17). The molecule has 5 nitrogen and oxygen atoms in total. The lowest BCUT2D eigenvalue weighted by Gasteiger charge is -2.12. The predicted octanol–water partition coefficient (Wildman–Crippen LogP) is 1.94. The van der Waals surface area contributed by atoms with Crippen molar-refractivity contribution in [3.05, 3.63) is 30.0 Å². The van der Waals surface area contributed by atoms with E-state index in [4.69, 9.17) is 14.3 Å². The van der Waals surface area contributed by atoms with Crippen LogP contribution < -0.4 is 10.1 Å². The first-order valence-electron chi connectivity index (χ1n) is 6.18. The van der Waals surface area contributed by atoms with Crippen molar-refractivity contribution in [3.8, 4) is 5.75 Å². The van der Waals surface area contributed by atoms with E-state index in [2.05, 4.69) is 5.32 Å². The molecular weight excluding hydrogens is 246 g/mol. The summed E-state index contributed by atoms with van der Waals surface area (Å²) in [4.78, 5) is 11.9. The quantitative estimate of drug-likeness (QED) is 0.864. The van der Waals surface area contributed by atoms with Gasteiger partial charge in [-0.25, -0.2) is 0 Å². The molecule has 102 valence electrons. The van der Waals surface area contributed by atoms with E-state index < -0.39 is 0 Å². The fraction of sp³-hybridized carbons (Fsp3) is 0.357. The van der Waals surface area contributed by atoms with Gasteiger partial charge >= 0.3 is 0 Å². The van der Waals surface area contributed by atoms with Gasteiger partial charge < -0.3 is 19.6 Å². The number of hydrogen-bond donors (Lipinski definition) is 2. The van der Waals surface area contributed by atoms with E-state index in [9.17, 15) is 4.79 Å². The van der Waals surface area contributed by atoms with E-state index in [0.717, 1.165) is 5.39 Å². The lowest BCUT2D eigenvalue weighted by molar-refractivity contribution is 0.0944. The van der Waals surface area contributed by atoms with Crippen LogP contribution in [0.4, 0.5) is 0 Å². The molecule has 0 aliphatic heterocycles. The molecule has 0 radical (unpaired) electrons. The fourth-order valence-corrected chi connectivity index (χ4v) is 1.79. The Kier molecular flexibility index (Phi) is 4.06. The van der Waals surface area contributed by atoms with Crippen molar-refractivity contribution in [2.24, 2.45) is 0 Å². The number of carbonyl (C=O) groups is 1. The number of benzene rings is 1. The molecule has 2 N–H and O–H groups in total. The van der Waals surface area contributed by atoms with Gasteiger partial charge in [-0.3, -0.25) is 4.79 Å². The number of fused-ring (bicyclic) bond motifs is 1. The summed E-state index contributed by atoms with van der Waals surface area (Å²) >= 11 is 0. The lowest BCUT2D eigenvalue weighted by Crippen LogP contribution is -2.26. The first-order valence-corrected chi connectivity index (χ1v) is 6.18. The summed E-state index contributed by atoms with van der Waals surface area (Å²) in [5, 5.41) is 12.2. The highest BCUT2D eigenvalue weighted by molar-refractivity contribution is 5.99. The number of aliphatic hydroxyl groups is 1. The molecule has 19 heavy (non-hydrogen) atoms. The summed E-state index contributed by atoms with van der Waals surface area (Å²) < 4.78 is 11.0. The Balaban J connectivity index is 2.37. The average Bonchev–Trinajstić information content (AvgIpc) is 2.83. The Morgan fingerprint density at radius 3 is 2.95 bits per heavy atom. The molecule has 1 aromatic heterocycles.